The lowest BCUT2D eigenvalue weighted by atomic mass is 9.93. The number of hydrogen-bond donors (Lipinski definition) is 0. The molecule has 0 aromatic carbocycles. The quantitative estimate of drug-likeness (QED) is 0.674. The standard InChI is InChI=1S/C10H13N5O/c1-10(2,6-11)9(16)14-3-4-15-7-12-13-8(15)5-14/h7H,3-5H2,1-2H3. The first-order valence-corrected chi connectivity index (χ1v) is 5.12. The summed E-state index contributed by atoms with van der Waals surface area (Å²) in [6, 6.07) is 2.02. The van der Waals surface area contributed by atoms with E-state index in [9.17, 15) is 4.79 Å². The lowest BCUT2D eigenvalue weighted by Crippen LogP contribution is -2.44. The Morgan fingerprint density at radius 1 is 1.56 bits per heavy atom. The third kappa shape index (κ3) is 1.65. The van der Waals surface area contributed by atoms with Crippen molar-refractivity contribution in [1.82, 2.24) is 19.7 Å². The molecule has 0 N–H and O–H groups in total. The van der Waals surface area contributed by atoms with Crippen LogP contribution in [0.15, 0.2) is 6.33 Å². The van der Waals surface area contributed by atoms with Gasteiger partial charge in [-0.15, -0.1) is 10.2 Å². The van der Waals surface area contributed by atoms with E-state index in [0.29, 0.717) is 19.6 Å². The molecule has 0 radical (unpaired) electrons. The van der Waals surface area contributed by atoms with Crippen LogP contribution in [0.25, 0.3) is 0 Å². The van der Waals surface area contributed by atoms with Crippen molar-refractivity contribution >= 4 is 5.91 Å². The third-order valence-corrected chi connectivity index (χ3v) is 2.74. The monoisotopic (exact) mass is 219 g/mol. The van der Waals surface area contributed by atoms with Crippen molar-refractivity contribution < 1.29 is 4.79 Å². The smallest absolute Gasteiger partial charge is 0.242 e. The molecule has 0 aliphatic carbocycles. The average molecular weight is 219 g/mol. The minimum Gasteiger partial charge on any atom is -0.332 e. The van der Waals surface area contributed by atoms with Crippen molar-refractivity contribution in [3.05, 3.63) is 12.2 Å². The number of nitriles is 1. The number of carbonyl (C=O) groups excluding carboxylic acids is 1. The first-order chi connectivity index (χ1) is 7.54. The molecule has 0 spiro atoms. The Kier molecular flexibility index (Phi) is 2.38. The van der Waals surface area contributed by atoms with Crippen LogP contribution in [0.2, 0.25) is 0 Å². The Hall–Kier alpha value is -1.90. The van der Waals surface area contributed by atoms with Gasteiger partial charge in [0.2, 0.25) is 5.91 Å². The summed E-state index contributed by atoms with van der Waals surface area (Å²) in [6.07, 6.45) is 1.66. The minimum atomic E-state index is -0.970. The number of fused-ring (bicyclic) bond motifs is 1. The summed E-state index contributed by atoms with van der Waals surface area (Å²) in [5.74, 6) is 0.623. The van der Waals surface area contributed by atoms with E-state index in [1.807, 2.05) is 10.6 Å². The van der Waals surface area contributed by atoms with Crippen LogP contribution in [0.4, 0.5) is 0 Å². The molecule has 0 saturated carbocycles. The van der Waals surface area contributed by atoms with Crippen molar-refractivity contribution in [2.45, 2.75) is 26.9 Å². The van der Waals surface area contributed by atoms with Crippen molar-refractivity contribution in [3.63, 3.8) is 0 Å². The summed E-state index contributed by atoms with van der Waals surface area (Å²) in [5.41, 5.74) is -0.970. The third-order valence-electron chi connectivity index (χ3n) is 2.74. The first kappa shape index (κ1) is 10.6. The highest BCUT2D eigenvalue weighted by Gasteiger charge is 2.34. The van der Waals surface area contributed by atoms with Crippen molar-refractivity contribution in [3.8, 4) is 6.07 Å². The molecule has 1 aromatic rings. The van der Waals surface area contributed by atoms with E-state index < -0.39 is 5.41 Å². The van der Waals surface area contributed by atoms with Gasteiger partial charge in [0.25, 0.3) is 0 Å². The van der Waals surface area contributed by atoms with Crippen LogP contribution < -0.4 is 0 Å². The molecule has 84 valence electrons. The van der Waals surface area contributed by atoms with Gasteiger partial charge in [0.05, 0.1) is 12.6 Å². The van der Waals surface area contributed by atoms with E-state index in [4.69, 9.17) is 5.26 Å². The zero-order valence-corrected chi connectivity index (χ0v) is 9.34. The molecule has 6 nitrogen and oxygen atoms in total. The molecule has 0 saturated heterocycles. The van der Waals surface area contributed by atoms with E-state index >= 15 is 0 Å². The van der Waals surface area contributed by atoms with Crippen molar-refractivity contribution in [1.29, 1.82) is 5.26 Å². The van der Waals surface area contributed by atoms with Crippen LogP contribution in [0.5, 0.6) is 0 Å². The second-order valence-corrected chi connectivity index (χ2v) is 4.40. The molecule has 2 rings (SSSR count). The molecule has 0 bridgehead atoms. The molecule has 1 aliphatic rings. The summed E-state index contributed by atoms with van der Waals surface area (Å²) < 4.78 is 1.92. The Bertz CT molecular complexity index is 456. The van der Waals surface area contributed by atoms with Gasteiger partial charge >= 0.3 is 0 Å². The summed E-state index contributed by atoms with van der Waals surface area (Å²) in [5, 5.41) is 16.6. The van der Waals surface area contributed by atoms with Crippen molar-refractivity contribution in [2.75, 3.05) is 6.54 Å². The van der Waals surface area contributed by atoms with E-state index in [0.717, 1.165) is 5.82 Å². The van der Waals surface area contributed by atoms with Gasteiger partial charge in [0.15, 0.2) is 5.82 Å². The Morgan fingerprint density at radius 3 is 3.00 bits per heavy atom. The van der Waals surface area contributed by atoms with Crippen LogP contribution >= 0.6 is 0 Å². The maximum Gasteiger partial charge on any atom is 0.242 e. The maximum atomic E-state index is 12.0. The van der Waals surface area contributed by atoms with Crippen LogP contribution in [0, 0.1) is 16.7 Å². The molecule has 2 heterocycles. The molecule has 16 heavy (non-hydrogen) atoms. The van der Waals surface area contributed by atoms with Gasteiger partial charge in [-0.05, 0) is 13.8 Å². The number of rotatable bonds is 1. The SMILES string of the molecule is CC(C)(C#N)C(=O)N1CCn2cnnc2C1. The van der Waals surface area contributed by atoms with E-state index in [-0.39, 0.29) is 5.91 Å². The normalized spacial score (nSPS) is 15.4. The van der Waals surface area contributed by atoms with Gasteiger partial charge in [0.1, 0.15) is 11.7 Å². The van der Waals surface area contributed by atoms with Gasteiger partial charge < -0.3 is 9.47 Å². The molecule has 0 fully saturated rings. The predicted octanol–water partition coefficient (Wildman–Crippen LogP) is 0.170. The highest BCUT2D eigenvalue weighted by Crippen LogP contribution is 2.20. The van der Waals surface area contributed by atoms with Crippen molar-refractivity contribution in [2.24, 2.45) is 5.41 Å². The number of hydrogen-bond acceptors (Lipinski definition) is 4. The topological polar surface area (TPSA) is 74.8 Å². The lowest BCUT2D eigenvalue weighted by molar-refractivity contribution is -0.139. The molecule has 1 aromatic heterocycles. The molecular weight excluding hydrogens is 206 g/mol. The maximum absolute atomic E-state index is 12.0. The first-order valence-electron chi connectivity index (χ1n) is 5.12. The van der Waals surface area contributed by atoms with Crippen LogP contribution in [0.1, 0.15) is 19.7 Å². The highest BCUT2D eigenvalue weighted by atomic mass is 16.2. The van der Waals surface area contributed by atoms with Crippen LogP contribution in [-0.4, -0.2) is 32.1 Å². The van der Waals surface area contributed by atoms with Gasteiger partial charge in [-0.2, -0.15) is 5.26 Å². The molecule has 0 atom stereocenters. The van der Waals surface area contributed by atoms with Crippen LogP contribution in [-0.2, 0) is 17.9 Å². The summed E-state index contributed by atoms with van der Waals surface area (Å²) in [7, 11) is 0. The fourth-order valence-corrected chi connectivity index (χ4v) is 1.68. The lowest BCUT2D eigenvalue weighted by Gasteiger charge is -2.30. The fraction of sp³-hybridized carbons (Fsp3) is 0.600. The molecular formula is C10H13N5O. The second kappa shape index (κ2) is 3.59. The zero-order valence-electron chi connectivity index (χ0n) is 9.34. The van der Waals surface area contributed by atoms with Crippen LogP contribution in [0.3, 0.4) is 0 Å². The molecule has 1 amide bonds. The second-order valence-electron chi connectivity index (χ2n) is 4.40. The number of aromatic nitrogens is 3. The Morgan fingerprint density at radius 2 is 2.31 bits per heavy atom. The summed E-state index contributed by atoms with van der Waals surface area (Å²) >= 11 is 0. The predicted molar refractivity (Wildman–Crippen MR) is 54.8 cm³/mol. The number of nitrogens with zero attached hydrogens (tertiary/aromatic N) is 5. The van der Waals surface area contributed by atoms with Gasteiger partial charge in [-0.1, -0.05) is 0 Å². The van der Waals surface area contributed by atoms with Gasteiger partial charge in [-0.25, -0.2) is 0 Å². The van der Waals surface area contributed by atoms with Gasteiger partial charge in [-0.3, -0.25) is 4.79 Å². The highest BCUT2D eigenvalue weighted by molar-refractivity contribution is 5.84. The Balaban J connectivity index is 2.16. The number of amides is 1. The summed E-state index contributed by atoms with van der Waals surface area (Å²) in [4.78, 5) is 13.7. The number of carbonyl (C=O) groups is 1. The molecule has 1 aliphatic heterocycles. The minimum absolute atomic E-state index is 0.149. The fourth-order valence-electron chi connectivity index (χ4n) is 1.68. The Labute approximate surface area is 93.5 Å². The average Bonchev–Trinajstić information content (AvgIpc) is 2.74. The van der Waals surface area contributed by atoms with E-state index in [1.165, 1.54) is 0 Å². The van der Waals surface area contributed by atoms with Gasteiger partial charge in [0, 0.05) is 13.1 Å². The largest absolute Gasteiger partial charge is 0.332 e. The molecule has 0 unspecified atom stereocenters. The zero-order chi connectivity index (χ0) is 11.8. The van der Waals surface area contributed by atoms with E-state index in [2.05, 4.69) is 10.2 Å². The summed E-state index contributed by atoms with van der Waals surface area (Å²) in [6.45, 7) is 5.00. The molecule has 6 heteroatoms. The van der Waals surface area contributed by atoms with E-state index in [1.54, 1.807) is 25.1 Å².